The Balaban J connectivity index is 2.80. The highest BCUT2D eigenvalue weighted by Crippen LogP contribution is 2.22. The number of rotatable bonds is 6. The molecule has 0 bridgehead atoms. The molecule has 0 spiro atoms. The van der Waals surface area contributed by atoms with Crippen molar-refractivity contribution in [3.63, 3.8) is 0 Å². The van der Waals surface area contributed by atoms with Gasteiger partial charge in [-0.25, -0.2) is 9.97 Å². The van der Waals surface area contributed by atoms with Crippen molar-refractivity contribution in [2.45, 2.75) is 13.5 Å². The number of nitrogens with zero attached hydrogens (tertiary/aromatic N) is 2. The second-order valence-electron chi connectivity index (χ2n) is 2.62. The molecule has 0 saturated carbocycles. The van der Waals surface area contributed by atoms with Crippen molar-refractivity contribution in [3.05, 3.63) is 11.9 Å². The maximum absolute atomic E-state index is 5.09. The lowest BCUT2D eigenvalue weighted by molar-refractivity contribution is 0.0452. The van der Waals surface area contributed by atoms with Crippen LogP contribution in [0.5, 0.6) is 11.8 Å². The summed E-state index contributed by atoms with van der Waals surface area (Å²) in [7, 11) is 3.10. The normalized spacial score (nSPS) is 10.1. The number of aromatic nitrogens is 2. The highest BCUT2D eigenvalue weighted by atomic mass is 16.6. The first-order valence-electron chi connectivity index (χ1n) is 4.60. The minimum absolute atomic E-state index is 0.432. The van der Waals surface area contributed by atoms with Gasteiger partial charge in [-0.1, -0.05) is 0 Å². The van der Waals surface area contributed by atoms with Crippen molar-refractivity contribution in [2.75, 3.05) is 20.8 Å². The van der Waals surface area contributed by atoms with Crippen LogP contribution in [0.3, 0.4) is 0 Å². The molecule has 0 aromatic carbocycles. The summed E-state index contributed by atoms with van der Waals surface area (Å²) in [6.07, 6.45) is 1.39. The zero-order valence-electron chi connectivity index (χ0n) is 9.11. The maximum atomic E-state index is 5.09. The average molecular weight is 213 g/mol. The van der Waals surface area contributed by atoms with Crippen molar-refractivity contribution >= 4 is 0 Å². The van der Waals surface area contributed by atoms with Gasteiger partial charge in [0.2, 0.25) is 11.8 Å². The largest absolute Gasteiger partial charge is 0.481 e. The lowest BCUT2D eigenvalue weighted by Crippen LogP contribution is -2.16. The molecule has 0 aliphatic heterocycles. The molecule has 84 valence electrons. The minimum Gasteiger partial charge on any atom is -0.481 e. The van der Waals surface area contributed by atoms with Crippen LogP contribution < -0.4 is 15.0 Å². The van der Waals surface area contributed by atoms with Gasteiger partial charge in [0, 0.05) is 0 Å². The van der Waals surface area contributed by atoms with E-state index >= 15 is 0 Å². The maximum Gasteiger partial charge on any atom is 0.224 e. The molecule has 15 heavy (non-hydrogen) atoms. The Morgan fingerprint density at radius 2 is 1.80 bits per heavy atom. The molecular formula is C9H15N3O3. The lowest BCUT2D eigenvalue weighted by atomic mass is 10.3. The average Bonchev–Trinajstić information content (AvgIpc) is 2.29. The molecule has 1 rings (SSSR count). The highest BCUT2D eigenvalue weighted by molar-refractivity contribution is 5.33. The first kappa shape index (κ1) is 11.7. The smallest absolute Gasteiger partial charge is 0.224 e. The zero-order chi connectivity index (χ0) is 11.1. The highest BCUT2D eigenvalue weighted by Gasteiger charge is 2.11. The standard InChI is InChI=1S/C9H15N3O3/c1-4-15-12-5-7-8(13-2)10-6-11-9(7)14-3/h6,12H,4-5H2,1-3H3. The van der Waals surface area contributed by atoms with Gasteiger partial charge in [-0.05, 0) is 6.92 Å². The summed E-state index contributed by atoms with van der Waals surface area (Å²) in [5.74, 6) is 0.961. The molecule has 6 heteroatoms. The molecule has 0 aliphatic carbocycles. The van der Waals surface area contributed by atoms with Crippen LogP contribution in [-0.2, 0) is 11.4 Å². The quantitative estimate of drug-likeness (QED) is 0.549. The molecular weight excluding hydrogens is 198 g/mol. The summed E-state index contributed by atoms with van der Waals surface area (Å²) < 4.78 is 10.2. The van der Waals surface area contributed by atoms with Gasteiger partial charge in [-0.15, -0.1) is 0 Å². The van der Waals surface area contributed by atoms with Crippen LogP contribution in [0, 0.1) is 0 Å². The molecule has 1 aromatic heterocycles. The monoisotopic (exact) mass is 213 g/mol. The number of nitrogens with one attached hydrogen (secondary N) is 1. The van der Waals surface area contributed by atoms with Gasteiger partial charge >= 0.3 is 0 Å². The van der Waals surface area contributed by atoms with Gasteiger partial charge in [0.25, 0.3) is 0 Å². The number of hydroxylamine groups is 1. The number of hydrogen-bond acceptors (Lipinski definition) is 6. The van der Waals surface area contributed by atoms with E-state index in [0.29, 0.717) is 24.9 Å². The predicted molar refractivity (Wildman–Crippen MR) is 53.6 cm³/mol. The molecule has 1 heterocycles. The van der Waals surface area contributed by atoms with Crippen molar-refractivity contribution in [1.29, 1.82) is 0 Å². The molecule has 0 saturated heterocycles. The van der Waals surface area contributed by atoms with Gasteiger partial charge in [-0.3, -0.25) is 0 Å². The Kier molecular flexibility index (Phi) is 4.79. The van der Waals surface area contributed by atoms with Gasteiger partial charge in [0.1, 0.15) is 6.33 Å². The lowest BCUT2D eigenvalue weighted by Gasteiger charge is -2.10. The van der Waals surface area contributed by atoms with E-state index < -0.39 is 0 Å². The Morgan fingerprint density at radius 3 is 2.27 bits per heavy atom. The Bertz CT molecular complexity index is 284. The van der Waals surface area contributed by atoms with Crippen LogP contribution in [-0.4, -0.2) is 30.8 Å². The fourth-order valence-electron chi connectivity index (χ4n) is 1.11. The van der Waals surface area contributed by atoms with Gasteiger partial charge in [-0.2, -0.15) is 5.48 Å². The summed E-state index contributed by atoms with van der Waals surface area (Å²) in [6, 6.07) is 0. The van der Waals surface area contributed by atoms with Gasteiger partial charge in [0.05, 0.1) is 32.9 Å². The fraction of sp³-hybridized carbons (Fsp3) is 0.556. The van der Waals surface area contributed by atoms with Crippen molar-refractivity contribution in [3.8, 4) is 11.8 Å². The molecule has 0 fully saturated rings. The molecule has 1 N–H and O–H groups in total. The van der Waals surface area contributed by atoms with Crippen LogP contribution >= 0.6 is 0 Å². The molecule has 0 radical (unpaired) electrons. The topological polar surface area (TPSA) is 65.5 Å². The molecule has 0 unspecified atom stereocenters. The van der Waals surface area contributed by atoms with Crippen LogP contribution in [0.15, 0.2) is 6.33 Å². The summed E-state index contributed by atoms with van der Waals surface area (Å²) in [5.41, 5.74) is 3.49. The van der Waals surface area contributed by atoms with E-state index in [4.69, 9.17) is 14.3 Å². The van der Waals surface area contributed by atoms with Crippen molar-refractivity contribution in [1.82, 2.24) is 15.4 Å². The first-order chi connectivity index (χ1) is 7.33. The number of hydrogen-bond donors (Lipinski definition) is 1. The number of ether oxygens (including phenoxy) is 2. The van der Waals surface area contributed by atoms with E-state index in [9.17, 15) is 0 Å². The summed E-state index contributed by atoms with van der Waals surface area (Å²) in [5, 5.41) is 0. The van der Waals surface area contributed by atoms with E-state index in [1.54, 1.807) is 14.2 Å². The summed E-state index contributed by atoms with van der Waals surface area (Å²) >= 11 is 0. The van der Waals surface area contributed by atoms with E-state index in [1.807, 2.05) is 6.92 Å². The van der Waals surface area contributed by atoms with E-state index in [2.05, 4.69) is 15.4 Å². The first-order valence-corrected chi connectivity index (χ1v) is 4.60. The van der Waals surface area contributed by atoms with Gasteiger partial charge in [0.15, 0.2) is 0 Å². The Labute approximate surface area is 88.5 Å². The Hall–Kier alpha value is -1.40. The van der Waals surface area contributed by atoms with Crippen LogP contribution in [0.2, 0.25) is 0 Å². The second-order valence-corrected chi connectivity index (χ2v) is 2.62. The van der Waals surface area contributed by atoms with Gasteiger partial charge < -0.3 is 14.3 Å². The molecule has 0 atom stereocenters. The zero-order valence-corrected chi connectivity index (χ0v) is 9.11. The SMILES string of the molecule is CCONCc1c(OC)ncnc1OC. The van der Waals surface area contributed by atoms with E-state index in [1.165, 1.54) is 6.33 Å². The van der Waals surface area contributed by atoms with E-state index in [-0.39, 0.29) is 0 Å². The fourth-order valence-corrected chi connectivity index (χ4v) is 1.11. The molecule has 0 amide bonds. The third-order valence-electron chi connectivity index (χ3n) is 1.75. The van der Waals surface area contributed by atoms with Crippen LogP contribution in [0.4, 0.5) is 0 Å². The van der Waals surface area contributed by atoms with Crippen molar-refractivity contribution in [2.24, 2.45) is 0 Å². The van der Waals surface area contributed by atoms with Crippen LogP contribution in [0.1, 0.15) is 12.5 Å². The summed E-state index contributed by atoms with van der Waals surface area (Å²) in [6.45, 7) is 2.91. The minimum atomic E-state index is 0.432. The van der Waals surface area contributed by atoms with Crippen molar-refractivity contribution < 1.29 is 14.3 Å². The van der Waals surface area contributed by atoms with Crippen LogP contribution in [0.25, 0.3) is 0 Å². The number of methoxy groups -OCH3 is 2. The molecule has 1 aromatic rings. The molecule has 0 aliphatic rings. The predicted octanol–water partition coefficient (Wildman–Crippen LogP) is 0.535. The second kappa shape index (κ2) is 6.15. The third kappa shape index (κ3) is 3.03. The molecule has 6 nitrogen and oxygen atoms in total. The summed E-state index contributed by atoms with van der Waals surface area (Å²) in [4.78, 5) is 13.0. The Morgan fingerprint density at radius 1 is 1.20 bits per heavy atom. The van der Waals surface area contributed by atoms with E-state index in [0.717, 1.165) is 5.56 Å². The third-order valence-corrected chi connectivity index (χ3v) is 1.75.